The average molecular weight is 438 g/mol. The highest BCUT2D eigenvalue weighted by molar-refractivity contribution is 5.89. The van der Waals surface area contributed by atoms with Crippen LogP contribution in [0.5, 0.6) is 0 Å². The molecule has 3 aromatic rings. The van der Waals surface area contributed by atoms with Gasteiger partial charge in [0.05, 0.1) is 12.5 Å². The van der Waals surface area contributed by atoms with Crippen molar-refractivity contribution < 1.29 is 18.4 Å². The third-order valence-corrected chi connectivity index (χ3v) is 5.82. The molecule has 0 aliphatic carbocycles. The molecule has 1 atom stereocenters. The van der Waals surface area contributed by atoms with Gasteiger partial charge < -0.3 is 10.2 Å². The second-order valence-corrected chi connectivity index (χ2v) is 7.96. The summed E-state index contributed by atoms with van der Waals surface area (Å²) in [5, 5.41) is 4.77. The Labute approximate surface area is 184 Å². The quantitative estimate of drug-likeness (QED) is 0.643. The molecular weight excluding hydrogens is 414 g/mol. The fourth-order valence-electron chi connectivity index (χ4n) is 4.06. The van der Waals surface area contributed by atoms with E-state index in [1.165, 1.54) is 12.1 Å². The first-order valence-electron chi connectivity index (χ1n) is 10.4. The first-order valence-corrected chi connectivity index (χ1v) is 10.4. The van der Waals surface area contributed by atoms with Gasteiger partial charge in [0.2, 0.25) is 11.8 Å². The summed E-state index contributed by atoms with van der Waals surface area (Å²) in [4.78, 5) is 33.0. The molecule has 1 saturated heterocycles. The molecule has 1 fully saturated rings. The monoisotopic (exact) mass is 438 g/mol. The molecule has 0 spiro atoms. The Hall–Kier alpha value is -3.39. The van der Waals surface area contributed by atoms with Crippen LogP contribution in [0.3, 0.4) is 0 Å². The molecule has 0 radical (unpaired) electrons. The lowest BCUT2D eigenvalue weighted by molar-refractivity contribution is -0.138. The van der Waals surface area contributed by atoms with E-state index in [-0.39, 0.29) is 30.3 Å². The zero-order valence-corrected chi connectivity index (χ0v) is 17.7. The van der Waals surface area contributed by atoms with Crippen molar-refractivity contribution in [2.75, 3.05) is 20.1 Å². The lowest BCUT2D eigenvalue weighted by Crippen LogP contribution is -2.56. The topological polar surface area (TPSA) is 65.5 Å². The molecule has 6 nitrogen and oxygen atoms in total. The summed E-state index contributed by atoms with van der Waals surface area (Å²) < 4.78 is 27.8. The molecule has 1 aliphatic rings. The van der Waals surface area contributed by atoms with E-state index in [2.05, 4.69) is 10.3 Å². The molecule has 1 N–H and O–H groups in total. The van der Waals surface area contributed by atoms with E-state index < -0.39 is 17.7 Å². The number of piperazine rings is 1. The minimum absolute atomic E-state index is 0.0500. The third-order valence-electron chi connectivity index (χ3n) is 5.82. The minimum atomic E-state index is -0.929. The van der Waals surface area contributed by atoms with Crippen LogP contribution >= 0.6 is 0 Å². The summed E-state index contributed by atoms with van der Waals surface area (Å²) in [6.45, 7) is 1.27. The molecule has 0 bridgehead atoms. The van der Waals surface area contributed by atoms with E-state index in [0.717, 1.165) is 22.4 Å². The molecule has 2 amide bonds. The molecule has 2 heterocycles. The van der Waals surface area contributed by atoms with Crippen LogP contribution in [-0.2, 0) is 22.7 Å². The molecule has 1 aromatic heterocycles. The maximum Gasteiger partial charge on any atom is 0.237 e. The Kier molecular flexibility index (Phi) is 6.41. The number of aromatic nitrogens is 1. The number of nitrogens with one attached hydrogen (secondary N) is 1. The highest BCUT2D eigenvalue weighted by Gasteiger charge is 2.33. The van der Waals surface area contributed by atoms with E-state index in [1.807, 2.05) is 24.3 Å². The van der Waals surface area contributed by atoms with E-state index in [0.29, 0.717) is 19.6 Å². The van der Waals surface area contributed by atoms with Crippen LogP contribution in [0, 0.1) is 11.6 Å². The van der Waals surface area contributed by atoms with Crippen molar-refractivity contribution in [1.82, 2.24) is 20.1 Å². The van der Waals surface area contributed by atoms with Crippen molar-refractivity contribution in [2.24, 2.45) is 0 Å². The van der Waals surface area contributed by atoms with Gasteiger partial charge in [0.15, 0.2) is 11.6 Å². The minimum Gasteiger partial charge on any atom is -0.353 e. The number of hydrogen-bond acceptors (Lipinski definition) is 4. The number of hydrogen-bond donors (Lipinski definition) is 1. The van der Waals surface area contributed by atoms with Gasteiger partial charge in [0.1, 0.15) is 0 Å². The van der Waals surface area contributed by atoms with Crippen LogP contribution < -0.4 is 5.32 Å². The number of rotatable bonds is 6. The number of amides is 2. The van der Waals surface area contributed by atoms with Gasteiger partial charge in [-0.1, -0.05) is 30.3 Å². The predicted molar refractivity (Wildman–Crippen MR) is 116 cm³/mol. The number of halogens is 2. The maximum atomic E-state index is 14.2. The number of nitrogens with zero attached hydrogens (tertiary/aromatic N) is 3. The fourth-order valence-corrected chi connectivity index (χ4v) is 4.06. The zero-order valence-electron chi connectivity index (χ0n) is 17.7. The zero-order chi connectivity index (χ0) is 22.7. The Morgan fingerprint density at radius 1 is 1.19 bits per heavy atom. The van der Waals surface area contributed by atoms with E-state index >= 15 is 0 Å². The molecular formula is C24H24F2N4O2. The fraction of sp³-hybridized carbons (Fsp3) is 0.292. The third kappa shape index (κ3) is 4.60. The number of carbonyl (C=O) groups excluding carboxylic acids is 2. The normalized spacial score (nSPS) is 16.7. The van der Waals surface area contributed by atoms with Gasteiger partial charge in [-0.15, -0.1) is 0 Å². The maximum absolute atomic E-state index is 14.2. The van der Waals surface area contributed by atoms with Gasteiger partial charge >= 0.3 is 0 Å². The summed E-state index contributed by atoms with van der Waals surface area (Å²) >= 11 is 0. The number of carbonyl (C=O) groups is 2. The molecule has 0 saturated carbocycles. The Morgan fingerprint density at radius 2 is 1.97 bits per heavy atom. The molecule has 2 aromatic carbocycles. The van der Waals surface area contributed by atoms with Crippen LogP contribution in [0.4, 0.5) is 8.78 Å². The SMILES string of the molecule is CN(Cc1cccc2cnccc12)C(=O)CC1C(=O)NCCN1Cc1cccc(F)c1F. The van der Waals surface area contributed by atoms with Crippen molar-refractivity contribution in [3.05, 3.63) is 77.6 Å². The number of fused-ring (bicyclic) bond motifs is 1. The van der Waals surface area contributed by atoms with Crippen LogP contribution in [0.25, 0.3) is 10.8 Å². The smallest absolute Gasteiger partial charge is 0.237 e. The number of benzene rings is 2. The van der Waals surface area contributed by atoms with E-state index in [1.54, 1.807) is 29.2 Å². The Balaban J connectivity index is 1.48. The van der Waals surface area contributed by atoms with Gasteiger partial charge in [-0.05, 0) is 23.1 Å². The highest BCUT2D eigenvalue weighted by atomic mass is 19.2. The summed E-state index contributed by atoms with van der Waals surface area (Å²) in [6, 6.07) is 11.0. The molecule has 166 valence electrons. The van der Waals surface area contributed by atoms with Crippen molar-refractivity contribution in [2.45, 2.75) is 25.6 Å². The lowest BCUT2D eigenvalue weighted by atomic mass is 10.0. The molecule has 32 heavy (non-hydrogen) atoms. The number of pyridine rings is 1. The lowest BCUT2D eigenvalue weighted by Gasteiger charge is -2.35. The van der Waals surface area contributed by atoms with Crippen LogP contribution in [0.15, 0.2) is 54.9 Å². The summed E-state index contributed by atoms with van der Waals surface area (Å²) in [5.41, 5.74) is 1.14. The summed E-state index contributed by atoms with van der Waals surface area (Å²) in [5.74, 6) is -2.35. The second-order valence-electron chi connectivity index (χ2n) is 7.96. The molecule has 1 unspecified atom stereocenters. The van der Waals surface area contributed by atoms with Crippen LogP contribution in [0.1, 0.15) is 17.5 Å². The van der Waals surface area contributed by atoms with Crippen LogP contribution in [-0.4, -0.2) is 52.8 Å². The van der Waals surface area contributed by atoms with Gasteiger partial charge in [0.25, 0.3) is 0 Å². The van der Waals surface area contributed by atoms with Crippen LogP contribution in [0.2, 0.25) is 0 Å². The van der Waals surface area contributed by atoms with E-state index in [4.69, 9.17) is 0 Å². The van der Waals surface area contributed by atoms with Crippen molar-refractivity contribution in [1.29, 1.82) is 0 Å². The molecule has 4 rings (SSSR count). The standard InChI is InChI=1S/C24H24F2N4O2/c1-29(14-17-5-2-4-16-13-27-9-8-19(16)17)22(31)12-21-24(32)28-10-11-30(21)15-18-6-3-7-20(25)23(18)26/h2-9,13,21H,10-12,14-15H2,1H3,(H,28,32). The van der Waals surface area contributed by atoms with Gasteiger partial charge in [-0.3, -0.25) is 19.5 Å². The Bertz CT molecular complexity index is 1150. The van der Waals surface area contributed by atoms with E-state index in [9.17, 15) is 18.4 Å². The van der Waals surface area contributed by atoms with Crippen molar-refractivity contribution in [3.8, 4) is 0 Å². The largest absolute Gasteiger partial charge is 0.353 e. The molecule has 1 aliphatic heterocycles. The van der Waals surface area contributed by atoms with Crippen molar-refractivity contribution >= 4 is 22.6 Å². The predicted octanol–water partition coefficient (Wildman–Crippen LogP) is 2.86. The Morgan fingerprint density at radius 3 is 2.81 bits per heavy atom. The summed E-state index contributed by atoms with van der Waals surface area (Å²) in [6.07, 6.45) is 3.44. The van der Waals surface area contributed by atoms with Gasteiger partial charge in [0, 0.05) is 56.6 Å². The first-order chi connectivity index (χ1) is 15.4. The van der Waals surface area contributed by atoms with Gasteiger partial charge in [-0.25, -0.2) is 8.78 Å². The highest BCUT2D eigenvalue weighted by Crippen LogP contribution is 2.21. The first kappa shape index (κ1) is 21.8. The second kappa shape index (κ2) is 9.40. The average Bonchev–Trinajstić information content (AvgIpc) is 2.79. The molecule has 8 heteroatoms. The summed E-state index contributed by atoms with van der Waals surface area (Å²) in [7, 11) is 1.69. The van der Waals surface area contributed by atoms with Crippen molar-refractivity contribution in [3.63, 3.8) is 0 Å². The van der Waals surface area contributed by atoms with Gasteiger partial charge in [-0.2, -0.15) is 0 Å².